The van der Waals surface area contributed by atoms with Gasteiger partial charge in [0, 0.05) is 18.7 Å². The Bertz CT molecular complexity index is 654. The molecule has 0 saturated heterocycles. The molecule has 1 saturated carbocycles. The van der Waals surface area contributed by atoms with E-state index in [4.69, 9.17) is 10.4 Å². The van der Waals surface area contributed by atoms with Gasteiger partial charge in [0.25, 0.3) is 5.57 Å². The van der Waals surface area contributed by atoms with Crippen molar-refractivity contribution in [2.75, 3.05) is 0 Å². The largest absolute Gasteiger partial charge is 3.00 e. The van der Waals surface area contributed by atoms with Crippen LogP contribution >= 0.6 is 15.7 Å². The molecule has 1 radical (unpaired) electrons. The molecule has 0 aliphatic heterocycles. The van der Waals surface area contributed by atoms with E-state index in [-0.39, 0.29) is 32.3 Å². The quantitative estimate of drug-likeness (QED) is 0.108. The van der Waals surface area contributed by atoms with Crippen molar-refractivity contribution in [1.82, 2.24) is 9.55 Å². The fourth-order valence-corrected chi connectivity index (χ4v) is 6.25. The first-order valence-electron chi connectivity index (χ1n) is 10.9. The molecule has 12 heteroatoms. The predicted molar refractivity (Wildman–Crippen MR) is 138 cm³/mol. The summed E-state index contributed by atoms with van der Waals surface area (Å²) < 4.78 is 61.5. The van der Waals surface area contributed by atoms with Gasteiger partial charge in [0.15, 0.2) is 0 Å². The molecule has 0 spiro atoms. The molecule has 0 N–H and O–H groups in total. The van der Waals surface area contributed by atoms with Crippen LogP contribution in [0.1, 0.15) is 93.2 Å². The summed E-state index contributed by atoms with van der Waals surface area (Å²) in [6, 6.07) is 0. The number of halogens is 6. The Labute approximate surface area is 217 Å². The molecule has 3 nitrogen and oxygen atoms in total. The number of nitrogens with zero attached hydrogens (tertiary/aromatic N) is 3. The molecule has 2 rings (SSSR count). The van der Waals surface area contributed by atoms with E-state index in [0.29, 0.717) is 0 Å². The average Bonchev–Trinajstić information content (AvgIpc) is 3.17. The van der Waals surface area contributed by atoms with Crippen molar-refractivity contribution in [3.8, 4) is 0 Å². The number of hydrogen-bond donors (Lipinski definition) is 0. The van der Waals surface area contributed by atoms with E-state index >= 15 is 0 Å². The number of aromatic nitrogens is 2. The first-order chi connectivity index (χ1) is 14.0. The Morgan fingerprint density at radius 2 is 1.21 bits per heavy atom. The molecule has 1 aromatic rings. The van der Waals surface area contributed by atoms with Gasteiger partial charge in [-0.15, -0.1) is 0 Å². The van der Waals surface area contributed by atoms with Crippen LogP contribution in [0.3, 0.4) is 0 Å². The van der Waals surface area contributed by atoms with Gasteiger partial charge in [0.1, 0.15) is 0 Å². The Hall–Kier alpha value is -0.0566. The molecule has 1 aromatic heterocycles. The molecule has 207 valence electrons. The SMILES string of the molecule is C1CCCC1.CC(C)[PH+](c1nc(C(C)(C)C)cn1C)C(C)C.CC=[N-].F[P-](F)(F)(F)(F)F.[CH3-].[Ru+3]. The third-order valence-corrected chi connectivity index (χ3v) is 7.87. The minimum atomic E-state index is -10.7. The number of hydrogen-bond acceptors (Lipinski definition) is 1. The van der Waals surface area contributed by atoms with Crippen molar-refractivity contribution in [1.29, 1.82) is 0 Å². The van der Waals surface area contributed by atoms with E-state index in [1.165, 1.54) is 43.4 Å². The third-order valence-electron chi connectivity index (χ3n) is 4.40. The molecule has 1 fully saturated rings. The second-order valence-electron chi connectivity index (χ2n) is 9.56. The van der Waals surface area contributed by atoms with E-state index < -0.39 is 15.7 Å². The van der Waals surface area contributed by atoms with Gasteiger partial charge in [-0.05, 0) is 27.7 Å². The molecule has 0 unspecified atom stereocenters. The Morgan fingerprint density at radius 1 is 0.941 bits per heavy atom. The van der Waals surface area contributed by atoms with Gasteiger partial charge < -0.3 is 17.4 Å². The molecule has 0 atom stereocenters. The van der Waals surface area contributed by atoms with Gasteiger partial charge in [-0.1, -0.05) is 59.8 Å². The van der Waals surface area contributed by atoms with Gasteiger partial charge in [-0.2, -0.15) is 0 Å². The van der Waals surface area contributed by atoms with Crippen LogP contribution in [0.2, 0.25) is 0 Å². The Kier molecular flexibility index (Phi) is 18.4. The van der Waals surface area contributed by atoms with Crippen LogP contribution in [0.15, 0.2) is 6.20 Å². The molecular formula is C22H45F6N3P2Ru+. The smallest absolute Gasteiger partial charge is 0.358 e. The zero-order valence-corrected chi connectivity index (χ0v) is 25.9. The van der Waals surface area contributed by atoms with Gasteiger partial charge in [0.05, 0.1) is 24.9 Å². The monoisotopic (exact) mass is 629 g/mol. The van der Waals surface area contributed by atoms with E-state index in [9.17, 15) is 25.2 Å². The van der Waals surface area contributed by atoms with Crippen LogP contribution in [-0.2, 0) is 31.9 Å². The molecule has 1 aliphatic carbocycles. The van der Waals surface area contributed by atoms with Gasteiger partial charge in [-0.25, -0.2) is 11.2 Å². The van der Waals surface area contributed by atoms with Crippen molar-refractivity contribution in [2.24, 2.45) is 7.05 Å². The van der Waals surface area contributed by atoms with Crippen LogP contribution < -0.4 is 5.57 Å². The summed E-state index contributed by atoms with van der Waals surface area (Å²) in [5.41, 5.74) is 4.17. The summed E-state index contributed by atoms with van der Waals surface area (Å²) in [6.45, 7) is 17.6. The van der Waals surface area contributed by atoms with E-state index in [0.717, 1.165) is 17.5 Å². The van der Waals surface area contributed by atoms with E-state index in [1.807, 2.05) is 0 Å². The average molecular weight is 629 g/mol. The maximum atomic E-state index is 9.87. The van der Waals surface area contributed by atoms with Gasteiger partial charge in [0.2, 0.25) is 0 Å². The van der Waals surface area contributed by atoms with Crippen LogP contribution in [0.4, 0.5) is 25.2 Å². The second kappa shape index (κ2) is 15.3. The number of aryl methyl sites for hydroxylation is 1. The summed E-state index contributed by atoms with van der Waals surface area (Å²) in [5, 5.41) is 7.44. The summed E-state index contributed by atoms with van der Waals surface area (Å²) in [4.78, 5) is 4.93. The van der Waals surface area contributed by atoms with Crippen molar-refractivity contribution in [3.63, 3.8) is 0 Å². The zero-order valence-electron chi connectivity index (χ0n) is 22.3. The maximum absolute atomic E-state index is 10.7. The summed E-state index contributed by atoms with van der Waals surface area (Å²) in [7, 11) is -9.08. The number of imidazole rings is 1. The summed E-state index contributed by atoms with van der Waals surface area (Å²) in [5.74, 6) is 0. The van der Waals surface area contributed by atoms with Gasteiger partial charge >= 0.3 is 52.5 Å². The second-order valence-corrected chi connectivity index (χ2v) is 15.1. The van der Waals surface area contributed by atoms with Gasteiger partial charge in [-0.3, -0.25) is 0 Å². The molecule has 0 aromatic carbocycles. The Morgan fingerprint density at radius 3 is 1.38 bits per heavy atom. The molecule has 0 amide bonds. The van der Waals surface area contributed by atoms with Crippen molar-refractivity contribution in [3.05, 3.63) is 24.7 Å². The fourth-order valence-electron chi connectivity index (χ4n) is 3.16. The maximum Gasteiger partial charge on any atom is 3.00 e. The minimum absolute atomic E-state index is 0. The van der Waals surface area contributed by atoms with E-state index in [1.54, 1.807) is 6.92 Å². The predicted octanol–water partition coefficient (Wildman–Crippen LogP) is 9.80. The molecule has 1 heterocycles. The van der Waals surface area contributed by atoms with Crippen LogP contribution in [-0.4, -0.2) is 27.1 Å². The first-order valence-corrected chi connectivity index (χ1v) is 14.6. The molecule has 34 heavy (non-hydrogen) atoms. The molecule has 0 bridgehead atoms. The first kappa shape index (κ1) is 41.1. The van der Waals surface area contributed by atoms with Crippen LogP contribution in [0.5, 0.6) is 0 Å². The normalized spacial score (nSPS) is 15.2. The third kappa shape index (κ3) is 25.0. The molecular weight excluding hydrogens is 583 g/mol. The topological polar surface area (TPSA) is 40.1 Å². The van der Waals surface area contributed by atoms with Crippen LogP contribution in [0, 0.1) is 7.43 Å². The fraction of sp³-hybridized carbons (Fsp3) is 0.773. The van der Waals surface area contributed by atoms with E-state index in [2.05, 4.69) is 66.3 Å². The van der Waals surface area contributed by atoms with Crippen molar-refractivity contribution in [2.45, 2.75) is 104 Å². The standard InChI is InChI=1S/C14H27N2P.C5H10.C2H4N.CH3.F6P.Ru/c1-10(2)17(11(3)4)13-15-12(9-16(13)8)14(5,6)7;1-2-4-5-3-1;1-2-3;;1-7(2,3,4,5)6;/h9-11H,1-8H3;1-5H2;2H,1H3;1H3;;/q;;3*-1;+3/p+1. The van der Waals surface area contributed by atoms with Crippen molar-refractivity contribution < 1.29 is 44.7 Å². The summed E-state index contributed by atoms with van der Waals surface area (Å²) >= 11 is 0. The Balaban J connectivity index is -0.000000219. The number of rotatable bonds is 3. The van der Waals surface area contributed by atoms with Crippen LogP contribution in [0.25, 0.3) is 5.41 Å². The molecule has 1 aliphatic rings. The van der Waals surface area contributed by atoms with Crippen molar-refractivity contribution >= 4 is 27.5 Å². The minimum Gasteiger partial charge on any atom is -0.358 e. The summed E-state index contributed by atoms with van der Waals surface area (Å²) in [6.07, 6.45) is 10.7. The zero-order chi connectivity index (χ0) is 26.0.